The number of nitrogens with zero attached hydrogens (tertiary/aromatic N) is 5. The summed E-state index contributed by atoms with van der Waals surface area (Å²) in [7, 11) is -4.02. The van der Waals surface area contributed by atoms with Gasteiger partial charge in [-0.1, -0.05) is 12.1 Å². The standard InChI is InChI=1S/C21H25N5O6S/c27-25(28)18-9-8-17(16-20(18)23-10-4-1-5-11-23)22-12-14-24(15-13-22)33(31,32)21-7-3-2-6-19(21)26(29)30/h2-3,6-9,16H,1,4-5,10-15H2. The Kier molecular flexibility index (Phi) is 6.47. The molecule has 2 aliphatic rings. The van der Waals surface area contributed by atoms with Crippen molar-refractivity contribution in [3.8, 4) is 0 Å². The summed E-state index contributed by atoms with van der Waals surface area (Å²) in [6, 6.07) is 10.4. The van der Waals surface area contributed by atoms with Gasteiger partial charge in [-0.2, -0.15) is 4.31 Å². The first-order chi connectivity index (χ1) is 15.8. The van der Waals surface area contributed by atoms with Crippen LogP contribution < -0.4 is 9.80 Å². The Bertz CT molecular complexity index is 1160. The molecule has 0 amide bonds. The Morgan fingerprint density at radius 2 is 1.36 bits per heavy atom. The second-order valence-electron chi connectivity index (χ2n) is 8.09. The summed E-state index contributed by atoms with van der Waals surface area (Å²) in [5.74, 6) is 0. The molecular weight excluding hydrogens is 450 g/mol. The zero-order valence-electron chi connectivity index (χ0n) is 18.0. The topological polar surface area (TPSA) is 130 Å². The summed E-state index contributed by atoms with van der Waals surface area (Å²) in [4.78, 5) is 25.5. The van der Waals surface area contributed by atoms with E-state index in [0.29, 0.717) is 18.8 Å². The minimum absolute atomic E-state index is 0.0678. The Hall–Kier alpha value is -3.25. The van der Waals surface area contributed by atoms with Gasteiger partial charge in [0.1, 0.15) is 5.69 Å². The van der Waals surface area contributed by atoms with Gasteiger partial charge in [-0.05, 0) is 37.5 Å². The van der Waals surface area contributed by atoms with E-state index in [4.69, 9.17) is 0 Å². The van der Waals surface area contributed by atoms with E-state index >= 15 is 0 Å². The fourth-order valence-corrected chi connectivity index (χ4v) is 5.98. The van der Waals surface area contributed by atoms with Crippen molar-refractivity contribution in [3.63, 3.8) is 0 Å². The number of nitro benzene ring substituents is 2. The summed E-state index contributed by atoms with van der Waals surface area (Å²) in [6.07, 6.45) is 3.09. The number of para-hydroxylation sites is 1. The number of anilines is 2. The molecule has 176 valence electrons. The van der Waals surface area contributed by atoms with Gasteiger partial charge in [0.25, 0.3) is 11.4 Å². The molecule has 0 unspecified atom stereocenters. The Balaban J connectivity index is 1.53. The lowest BCUT2D eigenvalue weighted by molar-refractivity contribution is -0.387. The third-order valence-electron chi connectivity index (χ3n) is 6.14. The highest BCUT2D eigenvalue weighted by Crippen LogP contribution is 2.35. The van der Waals surface area contributed by atoms with E-state index < -0.39 is 20.6 Å². The lowest BCUT2D eigenvalue weighted by Gasteiger charge is -2.36. The Labute approximate surface area is 191 Å². The van der Waals surface area contributed by atoms with E-state index in [1.165, 1.54) is 34.6 Å². The van der Waals surface area contributed by atoms with Crippen molar-refractivity contribution >= 4 is 32.8 Å². The first-order valence-electron chi connectivity index (χ1n) is 10.8. The van der Waals surface area contributed by atoms with E-state index in [0.717, 1.165) is 38.0 Å². The Morgan fingerprint density at radius 3 is 2.00 bits per heavy atom. The summed E-state index contributed by atoms with van der Waals surface area (Å²) in [6.45, 7) is 2.60. The van der Waals surface area contributed by atoms with Crippen molar-refractivity contribution in [1.29, 1.82) is 0 Å². The van der Waals surface area contributed by atoms with Crippen LogP contribution in [0.3, 0.4) is 0 Å². The maximum absolute atomic E-state index is 13.1. The minimum Gasteiger partial charge on any atom is -0.369 e. The van der Waals surface area contributed by atoms with Crippen LogP contribution in [0.2, 0.25) is 0 Å². The predicted octanol–water partition coefficient (Wildman–Crippen LogP) is 3.00. The summed E-state index contributed by atoms with van der Waals surface area (Å²) in [5, 5.41) is 22.8. The SMILES string of the molecule is O=[N+]([O-])c1ccc(N2CCN(S(=O)(=O)c3ccccc3[N+](=O)[O-])CC2)cc1N1CCCCC1. The van der Waals surface area contributed by atoms with Crippen molar-refractivity contribution in [2.24, 2.45) is 0 Å². The highest BCUT2D eigenvalue weighted by atomic mass is 32.2. The smallest absolute Gasteiger partial charge is 0.292 e. The first-order valence-corrected chi connectivity index (χ1v) is 12.2. The monoisotopic (exact) mass is 475 g/mol. The van der Waals surface area contributed by atoms with Gasteiger partial charge in [-0.15, -0.1) is 0 Å². The predicted molar refractivity (Wildman–Crippen MR) is 123 cm³/mol. The van der Waals surface area contributed by atoms with Gasteiger partial charge >= 0.3 is 0 Å². The molecule has 0 radical (unpaired) electrons. The highest BCUT2D eigenvalue weighted by Gasteiger charge is 2.34. The zero-order valence-corrected chi connectivity index (χ0v) is 18.8. The molecule has 0 aromatic heterocycles. The third-order valence-corrected chi connectivity index (χ3v) is 8.08. The minimum atomic E-state index is -4.02. The van der Waals surface area contributed by atoms with Gasteiger partial charge in [-0.25, -0.2) is 8.42 Å². The molecule has 2 aliphatic heterocycles. The Morgan fingerprint density at radius 1 is 0.727 bits per heavy atom. The molecule has 2 aromatic rings. The van der Waals surface area contributed by atoms with Crippen LogP contribution in [0.15, 0.2) is 47.4 Å². The van der Waals surface area contributed by atoms with Crippen LogP contribution in [0, 0.1) is 20.2 Å². The molecule has 0 aliphatic carbocycles. The fraction of sp³-hybridized carbons (Fsp3) is 0.429. The van der Waals surface area contributed by atoms with Crippen molar-refractivity contribution in [3.05, 3.63) is 62.7 Å². The second kappa shape index (κ2) is 9.32. The van der Waals surface area contributed by atoms with Crippen molar-refractivity contribution < 1.29 is 18.3 Å². The lowest BCUT2D eigenvalue weighted by atomic mass is 10.1. The van der Waals surface area contributed by atoms with Gasteiger partial charge < -0.3 is 9.80 Å². The summed E-state index contributed by atoms with van der Waals surface area (Å²) >= 11 is 0. The molecule has 2 heterocycles. The number of benzene rings is 2. The molecule has 4 rings (SSSR count). The zero-order chi connectivity index (χ0) is 23.6. The molecule has 12 heteroatoms. The average molecular weight is 476 g/mol. The van der Waals surface area contributed by atoms with Gasteiger partial charge in [0.05, 0.1) is 9.85 Å². The number of piperidine rings is 1. The quantitative estimate of drug-likeness (QED) is 0.460. The maximum Gasteiger partial charge on any atom is 0.292 e. The molecule has 2 aromatic carbocycles. The van der Waals surface area contributed by atoms with Crippen LogP contribution in [0.4, 0.5) is 22.7 Å². The van der Waals surface area contributed by atoms with Crippen molar-refractivity contribution in [2.75, 3.05) is 49.1 Å². The van der Waals surface area contributed by atoms with Crippen LogP contribution in [0.1, 0.15) is 19.3 Å². The van der Waals surface area contributed by atoms with E-state index in [1.54, 1.807) is 6.07 Å². The fourth-order valence-electron chi connectivity index (χ4n) is 4.40. The lowest BCUT2D eigenvalue weighted by Crippen LogP contribution is -2.48. The molecule has 0 N–H and O–H groups in total. The number of nitro groups is 2. The van der Waals surface area contributed by atoms with Crippen LogP contribution in [0.5, 0.6) is 0 Å². The number of hydrogen-bond acceptors (Lipinski definition) is 8. The average Bonchev–Trinajstić information content (AvgIpc) is 2.84. The number of piperazine rings is 1. The highest BCUT2D eigenvalue weighted by molar-refractivity contribution is 7.89. The van der Waals surface area contributed by atoms with Gasteiger partial charge in [-0.3, -0.25) is 20.2 Å². The number of rotatable bonds is 6. The van der Waals surface area contributed by atoms with Crippen LogP contribution >= 0.6 is 0 Å². The van der Waals surface area contributed by atoms with E-state index in [1.807, 2.05) is 15.9 Å². The third kappa shape index (κ3) is 4.62. The van der Waals surface area contributed by atoms with Gasteiger partial charge in [0, 0.05) is 57.1 Å². The molecule has 0 atom stereocenters. The molecule has 11 nitrogen and oxygen atoms in total. The van der Waals surface area contributed by atoms with Gasteiger partial charge in [0.15, 0.2) is 4.90 Å². The van der Waals surface area contributed by atoms with Crippen LogP contribution in [-0.4, -0.2) is 61.8 Å². The van der Waals surface area contributed by atoms with Crippen molar-refractivity contribution in [1.82, 2.24) is 4.31 Å². The normalized spacial score (nSPS) is 17.7. The summed E-state index contributed by atoms with van der Waals surface area (Å²) < 4.78 is 27.4. The largest absolute Gasteiger partial charge is 0.369 e. The second-order valence-corrected chi connectivity index (χ2v) is 10.0. The van der Waals surface area contributed by atoms with E-state index in [2.05, 4.69) is 0 Å². The number of sulfonamides is 1. The molecule has 0 spiro atoms. The molecule has 33 heavy (non-hydrogen) atoms. The molecule has 0 bridgehead atoms. The van der Waals surface area contributed by atoms with Crippen molar-refractivity contribution in [2.45, 2.75) is 24.2 Å². The number of hydrogen-bond donors (Lipinski definition) is 0. The van der Waals surface area contributed by atoms with Crippen LogP contribution in [0.25, 0.3) is 0 Å². The molecular formula is C21H25N5O6S. The maximum atomic E-state index is 13.1. The molecule has 2 fully saturated rings. The van der Waals surface area contributed by atoms with E-state index in [9.17, 15) is 28.6 Å². The molecule has 2 saturated heterocycles. The van der Waals surface area contributed by atoms with Crippen LogP contribution in [-0.2, 0) is 10.0 Å². The first kappa shape index (κ1) is 22.9. The van der Waals surface area contributed by atoms with Gasteiger partial charge in [0.2, 0.25) is 10.0 Å². The summed E-state index contributed by atoms with van der Waals surface area (Å²) in [5.41, 5.74) is 1.01. The van der Waals surface area contributed by atoms with E-state index in [-0.39, 0.29) is 28.6 Å². The molecule has 0 saturated carbocycles.